The van der Waals surface area contributed by atoms with Crippen molar-refractivity contribution in [3.05, 3.63) is 65.3 Å². The van der Waals surface area contributed by atoms with E-state index >= 15 is 0 Å². The SMILES string of the molecule is C=C/C(=C\C1=C(C)CC(C)CC1)CNC(C)(C)C.CC(=O)c1ccc(N(C)CC2CCCO2)cc1. The number of ether oxygens (including phenoxy) is 1. The lowest BCUT2D eigenvalue weighted by Gasteiger charge is -2.23. The van der Waals surface area contributed by atoms with Gasteiger partial charge >= 0.3 is 0 Å². The molecular formula is C31H48N2O2. The van der Waals surface area contributed by atoms with Gasteiger partial charge in [0, 0.05) is 43.5 Å². The van der Waals surface area contributed by atoms with Crippen LogP contribution in [0.5, 0.6) is 0 Å². The summed E-state index contributed by atoms with van der Waals surface area (Å²) in [5.41, 5.74) is 6.44. The Kier molecular flexibility index (Phi) is 11.5. The molecule has 0 spiro atoms. The summed E-state index contributed by atoms with van der Waals surface area (Å²) in [6, 6.07) is 7.74. The Morgan fingerprint density at radius 1 is 1.23 bits per heavy atom. The van der Waals surface area contributed by atoms with Crippen molar-refractivity contribution in [2.24, 2.45) is 5.92 Å². The fourth-order valence-electron chi connectivity index (χ4n) is 4.49. The Hall–Kier alpha value is -2.17. The molecule has 2 unspecified atom stereocenters. The van der Waals surface area contributed by atoms with E-state index in [1.54, 1.807) is 12.5 Å². The van der Waals surface area contributed by atoms with Crippen LogP contribution < -0.4 is 10.2 Å². The lowest BCUT2D eigenvalue weighted by atomic mass is 9.85. The number of carbonyl (C=O) groups is 1. The quantitative estimate of drug-likeness (QED) is 0.317. The smallest absolute Gasteiger partial charge is 0.159 e. The number of nitrogens with one attached hydrogen (secondary N) is 1. The van der Waals surface area contributed by atoms with Gasteiger partial charge < -0.3 is 15.0 Å². The monoisotopic (exact) mass is 480 g/mol. The highest BCUT2D eigenvalue weighted by atomic mass is 16.5. The molecule has 1 aromatic carbocycles. The molecule has 0 radical (unpaired) electrons. The molecular weight excluding hydrogens is 432 g/mol. The van der Waals surface area contributed by atoms with Crippen LogP contribution in [0.15, 0.2) is 59.7 Å². The zero-order chi connectivity index (χ0) is 26.0. The zero-order valence-electron chi connectivity index (χ0n) is 23.2. The van der Waals surface area contributed by atoms with Gasteiger partial charge in [0.25, 0.3) is 0 Å². The molecule has 1 fully saturated rings. The van der Waals surface area contributed by atoms with Crippen LogP contribution in [0.1, 0.15) is 84.0 Å². The number of likely N-dealkylation sites (N-methyl/N-ethyl adjacent to an activating group) is 1. The topological polar surface area (TPSA) is 41.6 Å². The molecule has 35 heavy (non-hydrogen) atoms. The zero-order valence-corrected chi connectivity index (χ0v) is 23.2. The molecule has 1 N–H and O–H groups in total. The van der Waals surface area contributed by atoms with Gasteiger partial charge in [-0.05, 0) is 108 Å². The second kappa shape index (κ2) is 13.8. The maximum atomic E-state index is 11.2. The summed E-state index contributed by atoms with van der Waals surface area (Å²) in [7, 11) is 2.06. The number of allylic oxidation sites excluding steroid dienone is 3. The van der Waals surface area contributed by atoms with Crippen molar-refractivity contribution in [3.63, 3.8) is 0 Å². The van der Waals surface area contributed by atoms with E-state index in [2.05, 4.69) is 64.5 Å². The number of anilines is 1. The van der Waals surface area contributed by atoms with Gasteiger partial charge in [0.1, 0.15) is 0 Å². The first kappa shape index (κ1) is 29.1. The van der Waals surface area contributed by atoms with E-state index in [9.17, 15) is 4.79 Å². The highest BCUT2D eigenvalue weighted by Crippen LogP contribution is 2.30. The minimum absolute atomic E-state index is 0.110. The van der Waals surface area contributed by atoms with Gasteiger partial charge in [-0.15, -0.1) is 0 Å². The van der Waals surface area contributed by atoms with E-state index in [0.29, 0.717) is 6.10 Å². The minimum Gasteiger partial charge on any atom is -0.376 e. The molecule has 4 heteroatoms. The van der Waals surface area contributed by atoms with E-state index in [-0.39, 0.29) is 11.3 Å². The third-order valence-corrected chi connectivity index (χ3v) is 6.77. The maximum Gasteiger partial charge on any atom is 0.159 e. The number of carbonyl (C=O) groups excluding carboxylic acids is 1. The molecule has 1 aromatic rings. The van der Waals surface area contributed by atoms with Crippen molar-refractivity contribution in [3.8, 4) is 0 Å². The fraction of sp³-hybridized carbons (Fsp3) is 0.581. The Labute approximate surface area is 214 Å². The first-order valence-corrected chi connectivity index (χ1v) is 13.2. The van der Waals surface area contributed by atoms with Gasteiger partial charge in [-0.25, -0.2) is 0 Å². The lowest BCUT2D eigenvalue weighted by molar-refractivity contribution is 0.101. The molecule has 1 aliphatic heterocycles. The Balaban J connectivity index is 0.000000247. The average Bonchev–Trinajstić information content (AvgIpc) is 3.31. The van der Waals surface area contributed by atoms with Crippen LogP contribution in [0.25, 0.3) is 0 Å². The lowest BCUT2D eigenvalue weighted by Crippen LogP contribution is -2.36. The molecule has 3 rings (SSSR count). The van der Waals surface area contributed by atoms with Crippen LogP contribution in [0.4, 0.5) is 5.69 Å². The molecule has 1 heterocycles. The van der Waals surface area contributed by atoms with Crippen molar-refractivity contribution in [1.82, 2.24) is 5.32 Å². The van der Waals surface area contributed by atoms with Crippen LogP contribution in [-0.4, -0.2) is 44.2 Å². The number of nitrogens with zero attached hydrogens (tertiary/aromatic N) is 1. The van der Waals surface area contributed by atoms with Crippen LogP contribution in [0.3, 0.4) is 0 Å². The molecule has 0 bridgehead atoms. The molecule has 1 saturated heterocycles. The largest absolute Gasteiger partial charge is 0.376 e. The van der Waals surface area contributed by atoms with E-state index in [1.165, 1.54) is 36.8 Å². The van der Waals surface area contributed by atoms with Crippen LogP contribution >= 0.6 is 0 Å². The highest BCUT2D eigenvalue weighted by Gasteiger charge is 2.18. The summed E-state index contributed by atoms with van der Waals surface area (Å²) in [4.78, 5) is 13.4. The van der Waals surface area contributed by atoms with Crippen molar-refractivity contribution >= 4 is 11.5 Å². The number of benzene rings is 1. The highest BCUT2D eigenvalue weighted by molar-refractivity contribution is 5.94. The maximum absolute atomic E-state index is 11.2. The van der Waals surface area contributed by atoms with Crippen molar-refractivity contribution in [1.29, 1.82) is 0 Å². The molecule has 194 valence electrons. The van der Waals surface area contributed by atoms with Crippen LogP contribution in [-0.2, 0) is 4.74 Å². The average molecular weight is 481 g/mol. The molecule has 4 nitrogen and oxygen atoms in total. The summed E-state index contributed by atoms with van der Waals surface area (Å²) >= 11 is 0. The van der Waals surface area contributed by atoms with E-state index in [0.717, 1.165) is 43.3 Å². The van der Waals surface area contributed by atoms with Gasteiger partial charge in [-0.3, -0.25) is 4.79 Å². The normalized spacial score (nSPS) is 20.8. The van der Waals surface area contributed by atoms with Crippen molar-refractivity contribution < 1.29 is 9.53 Å². The molecule has 0 amide bonds. The van der Waals surface area contributed by atoms with Crippen LogP contribution in [0, 0.1) is 5.92 Å². The van der Waals surface area contributed by atoms with Crippen molar-refractivity contribution in [2.45, 2.75) is 85.3 Å². The van der Waals surface area contributed by atoms with Gasteiger partial charge in [0.15, 0.2) is 5.78 Å². The first-order valence-electron chi connectivity index (χ1n) is 13.2. The van der Waals surface area contributed by atoms with Gasteiger partial charge in [0.05, 0.1) is 6.10 Å². The standard InChI is InChI=1S/C17H29N.C14H19NO2/c1-7-15(12-18-17(4,5)6)11-16-9-8-13(2)10-14(16)3;1-11(16)12-5-7-13(8-6-12)15(2)10-14-4-3-9-17-14/h7,11,13,18H,1,8-10,12H2,2-6H3;5-8,14H,3-4,9-10H2,1-2H3/b15-11+;. The number of Topliss-reactive ketones (excluding diaryl/α,β-unsaturated/α-hetero) is 1. The Morgan fingerprint density at radius 2 is 1.91 bits per heavy atom. The molecule has 2 atom stereocenters. The molecule has 0 saturated carbocycles. The second-order valence-corrected chi connectivity index (χ2v) is 11.3. The minimum atomic E-state index is 0.110. The third-order valence-electron chi connectivity index (χ3n) is 6.77. The fourth-order valence-corrected chi connectivity index (χ4v) is 4.49. The van der Waals surface area contributed by atoms with Gasteiger partial charge in [-0.1, -0.05) is 31.2 Å². The molecule has 1 aliphatic carbocycles. The summed E-state index contributed by atoms with van der Waals surface area (Å²) < 4.78 is 5.61. The third kappa shape index (κ3) is 10.5. The van der Waals surface area contributed by atoms with E-state index < -0.39 is 0 Å². The van der Waals surface area contributed by atoms with E-state index in [4.69, 9.17) is 4.74 Å². The van der Waals surface area contributed by atoms with Crippen LogP contribution in [0.2, 0.25) is 0 Å². The number of hydrogen-bond donors (Lipinski definition) is 1. The number of ketones is 1. The summed E-state index contributed by atoms with van der Waals surface area (Å²) in [6.45, 7) is 19.4. The Morgan fingerprint density at radius 3 is 2.43 bits per heavy atom. The number of rotatable bonds is 8. The molecule has 2 aliphatic rings. The second-order valence-electron chi connectivity index (χ2n) is 11.3. The summed E-state index contributed by atoms with van der Waals surface area (Å²) in [5.74, 6) is 0.959. The summed E-state index contributed by atoms with van der Waals surface area (Å²) in [5, 5.41) is 3.52. The van der Waals surface area contributed by atoms with Gasteiger partial charge in [0.2, 0.25) is 0 Å². The summed E-state index contributed by atoms with van der Waals surface area (Å²) in [6.07, 6.45) is 10.8. The van der Waals surface area contributed by atoms with E-state index in [1.807, 2.05) is 30.3 Å². The Bertz CT molecular complexity index is 884. The predicted molar refractivity (Wildman–Crippen MR) is 150 cm³/mol. The number of hydrogen-bond acceptors (Lipinski definition) is 4. The molecule has 0 aromatic heterocycles. The van der Waals surface area contributed by atoms with Gasteiger partial charge in [-0.2, -0.15) is 0 Å². The predicted octanol–water partition coefficient (Wildman–Crippen LogP) is 7.13. The van der Waals surface area contributed by atoms with Crippen molar-refractivity contribution in [2.75, 3.05) is 31.6 Å². The first-order chi connectivity index (χ1) is 16.5.